The second-order valence-corrected chi connectivity index (χ2v) is 35.9. The zero-order valence-corrected chi connectivity index (χ0v) is 64.2. The Balaban J connectivity index is 0. The average molecular weight is 1390 g/mol. The summed E-state index contributed by atoms with van der Waals surface area (Å²) < 4.78 is 43.7. The van der Waals surface area contributed by atoms with Crippen LogP contribution in [-0.2, 0) is 57.0 Å². The fourth-order valence-electron chi connectivity index (χ4n) is 11.2. The van der Waals surface area contributed by atoms with Crippen LogP contribution in [0.4, 0.5) is 14.4 Å². The van der Waals surface area contributed by atoms with Crippen LogP contribution in [0.2, 0.25) is 0 Å². The number of nitrogens with one attached hydrogen (secondary N) is 3. The molecule has 0 radical (unpaired) electrons. The van der Waals surface area contributed by atoms with E-state index in [0.29, 0.717) is 31.3 Å². The van der Waals surface area contributed by atoms with Gasteiger partial charge < -0.3 is 64.4 Å². The second kappa shape index (κ2) is 45.3. The van der Waals surface area contributed by atoms with Crippen molar-refractivity contribution < 1.29 is 81.6 Å². The summed E-state index contributed by atoms with van der Waals surface area (Å²) in [5.41, 5.74) is 1.75. The molecule has 0 bridgehead atoms. The molecule has 3 unspecified atom stereocenters. The fourth-order valence-corrected chi connectivity index (χ4v) is 12.2. The van der Waals surface area contributed by atoms with Crippen molar-refractivity contribution in [3.8, 4) is 0 Å². The van der Waals surface area contributed by atoms with E-state index in [9.17, 15) is 42.9 Å². The van der Waals surface area contributed by atoms with Crippen LogP contribution < -0.4 is 21.7 Å². The van der Waals surface area contributed by atoms with Crippen LogP contribution in [0.5, 0.6) is 0 Å². The van der Waals surface area contributed by atoms with Crippen LogP contribution in [0.3, 0.4) is 0 Å². The third-order valence-corrected chi connectivity index (χ3v) is 17.2. The molecule has 0 aliphatic heterocycles. The van der Waals surface area contributed by atoms with Gasteiger partial charge in [-0.15, -0.1) is 12.4 Å². The molecule has 5 aliphatic carbocycles. The molecule has 21 nitrogen and oxygen atoms in total. The molecule has 3 atom stereocenters. The van der Waals surface area contributed by atoms with Crippen molar-refractivity contribution in [1.29, 1.82) is 0 Å². The number of hydrogen-bond acceptors (Lipinski definition) is 17. The highest BCUT2D eigenvalue weighted by molar-refractivity contribution is 7.64. The lowest BCUT2D eigenvalue weighted by Gasteiger charge is -2.27. The Morgan fingerprint density at radius 1 is 0.474 bits per heavy atom. The number of aliphatic hydroxyl groups excluding tert-OH is 1. The van der Waals surface area contributed by atoms with Gasteiger partial charge in [0, 0.05) is 13.0 Å². The van der Waals surface area contributed by atoms with Crippen LogP contribution in [0.15, 0.2) is 11.8 Å². The molecule has 0 saturated heterocycles. The van der Waals surface area contributed by atoms with Gasteiger partial charge in [0.15, 0.2) is 5.78 Å². The predicted octanol–water partition coefficient (Wildman–Crippen LogP) is 16.4. The monoisotopic (exact) mass is 1390 g/mol. The lowest BCUT2D eigenvalue weighted by atomic mass is 9.98. The summed E-state index contributed by atoms with van der Waals surface area (Å²) in [6.07, 6.45) is 32.3. The number of carbonyl (C=O) groups excluding carboxylic acids is 7. The van der Waals surface area contributed by atoms with E-state index in [-0.39, 0.29) is 24.1 Å². The number of halogens is 1. The van der Waals surface area contributed by atoms with E-state index in [1.807, 2.05) is 20.8 Å². The molecular formula is C72H134ClN4O17P. The Bertz CT molecular complexity index is 2310. The summed E-state index contributed by atoms with van der Waals surface area (Å²) in [7, 11) is -2.92. The van der Waals surface area contributed by atoms with E-state index >= 15 is 0 Å². The number of carbonyl (C=O) groups is 8. The number of amides is 3. The number of carboxylic acids is 1. The summed E-state index contributed by atoms with van der Waals surface area (Å²) in [5.74, 6) is -0.139. The minimum absolute atomic E-state index is 0. The van der Waals surface area contributed by atoms with Crippen molar-refractivity contribution >= 4 is 68.0 Å². The van der Waals surface area contributed by atoms with Gasteiger partial charge in [-0.3, -0.25) is 10.1 Å². The maximum atomic E-state index is 12.4. The first-order chi connectivity index (χ1) is 43.1. The molecule has 0 aromatic heterocycles. The van der Waals surface area contributed by atoms with Gasteiger partial charge in [0.25, 0.3) is 0 Å². The number of aliphatic carboxylic acids is 1. The van der Waals surface area contributed by atoms with Gasteiger partial charge in [-0.05, 0) is 206 Å². The Morgan fingerprint density at radius 2 is 0.800 bits per heavy atom. The topological polar surface area (TPSA) is 312 Å². The molecule has 5 aliphatic rings. The molecule has 7 N–H and O–H groups in total. The van der Waals surface area contributed by atoms with Gasteiger partial charge in [-0.25, -0.2) is 28.8 Å². The van der Waals surface area contributed by atoms with E-state index in [4.69, 9.17) is 44.4 Å². The van der Waals surface area contributed by atoms with E-state index in [0.717, 1.165) is 56.1 Å². The quantitative estimate of drug-likeness (QED) is 0.0217. The summed E-state index contributed by atoms with van der Waals surface area (Å²) in [4.78, 5) is 92.7. The van der Waals surface area contributed by atoms with E-state index in [2.05, 4.69) is 16.0 Å². The van der Waals surface area contributed by atoms with Crippen molar-refractivity contribution in [2.45, 2.75) is 349 Å². The molecule has 0 aromatic carbocycles. The number of rotatable bonds is 20. The number of esters is 3. The SMILES string of the molecule is CC(C)(C)OC(=O)N/C(=C\CC1CCCC1)C(=O)OC(C)(C)C.CC(C)(C)OC(=O)NC(C(=O)OC(C)(C)C)P(C)(C)=O.CC(C)(C)OC(=O)NC(CCC1CCCC1)C(=O)OC(C)(C)C.Cl.NC(CCC1CCCC1)C(=O)O.O=CCC1CCCC1.OCCC1CCCC1. The Hall–Kier alpha value is -4.46. The second-order valence-electron chi connectivity index (χ2n) is 32.5. The first kappa shape index (κ1) is 92.6. The fraction of sp³-hybridized carbons (Fsp3) is 0.861. The van der Waals surface area contributed by atoms with Crippen LogP contribution in [0.25, 0.3) is 0 Å². The number of aliphatic hydroxyl groups is 1. The van der Waals surface area contributed by atoms with Crippen molar-refractivity contribution in [3.63, 3.8) is 0 Å². The molecule has 5 rings (SSSR count). The zero-order valence-electron chi connectivity index (χ0n) is 62.5. The summed E-state index contributed by atoms with van der Waals surface area (Å²) in [6, 6.07) is -1.30. The molecule has 95 heavy (non-hydrogen) atoms. The molecule has 0 aromatic rings. The van der Waals surface area contributed by atoms with Crippen LogP contribution in [0.1, 0.15) is 298 Å². The lowest BCUT2D eigenvalue weighted by molar-refractivity contribution is -0.158. The molecule has 5 saturated carbocycles. The zero-order chi connectivity index (χ0) is 72.3. The standard InChI is InChI=1S/C18H33NO4.C18H31NO4.C13H26NO5P.C9H17NO2.C7H14O.C7H12O.ClH/c2*1-17(2,3)22-15(20)14(12-11-13-9-7-8-10-13)19-16(21)23-18(4,5)6;1-12(2,3)18-10(15)9(20(7,8)17)14-11(16)19-13(4,5)6;10-8(9(11)12)6-5-7-3-1-2-4-7;2*8-6-5-7-3-1-2-4-7;/h13-14H,7-12H2,1-6H3,(H,19,21);12-13H,7-11H2,1-6H3,(H,19,21);9H,1-8H3,(H,14,16);7-8H,1-6,10H2,(H,11,12);7-8H,1-6H2;6-7H,1-5H2;1H/b;14-12-;;;;;. The van der Waals surface area contributed by atoms with Gasteiger partial charge in [0.05, 0.1) is 0 Å². The highest BCUT2D eigenvalue weighted by Crippen LogP contribution is 2.42. The number of aldehydes is 1. The number of hydrogen-bond donors (Lipinski definition) is 6. The van der Waals surface area contributed by atoms with Crippen molar-refractivity contribution in [3.05, 3.63) is 11.8 Å². The van der Waals surface area contributed by atoms with E-state index in [1.54, 1.807) is 110 Å². The van der Waals surface area contributed by atoms with Crippen LogP contribution in [0, 0.1) is 29.6 Å². The first-order valence-corrected chi connectivity index (χ1v) is 37.7. The molecule has 3 amide bonds. The van der Waals surface area contributed by atoms with Crippen LogP contribution in [-0.4, -0.2) is 130 Å². The van der Waals surface area contributed by atoms with Gasteiger partial charge >= 0.3 is 42.2 Å². The molecular weight excluding hydrogens is 1260 g/mol. The minimum atomic E-state index is -2.92. The van der Waals surface area contributed by atoms with Crippen molar-refractivity contribution in [2.75, 3.05) is 19.9 Å². The molecule has 556 valence electrons. The highest BCUT2D eigenvalue weighted by atomic mass is 35.5. The summed E-state index contributed by atoms with van der Waals surface area (Å²) in [6.45, 7) is 35.0. The molecule has 0 heterocycles. The first-order valence-electron chi connectivity index (χ1n) is 35.1. The predicted molar refractivity (Wildman–Crippen MR) is 379 cm³/mol. The molecule has 23 heteroatoms. The molecule has 0 spiro atoms. The van der Waals surface area contributed by atoms with Gasteiger partial charge in [-0.2, -0.15) is 0 Å². The number of allylic oxidation sites excluding steroid dienone is 1. The third-order valence-electron chi connectivity index (χ3n) is 15.6. The number of carboxylic acid groups (broad SMARTS) is 1. The lowest BCUT2D eigenvalue weighted by Crippen LogP contribution is -2.46. The van der Waals surface area contributed by atoms with E-state index in [1.165, 1.54) is 142 Å². The van der Waals surface area contributed by atoms with Crippen molar-refractivity contribution in [2.24, 2.45) is 35.3 Å². The summed E-state index contributed by atoms with van der Waals surface area (Å²) in [5, 5.41) is 24.6. The highest BCUT2D eigenvalue weighted by Gasteiger charge is 2.37. The normalized spacial score (nSPS) is 17.8. The number of alkyl carbamates (subject to hydrolysis) is 3. The summed E-state index contributed by atoms with van der Waals surface area (Å²) >= 11 is 0. The van der Waals surface area contributed by atoms with Gasteiger partial charge in [0.2, 0.25) is 0 Å². The largest absolute Gasteiger partial charge is 0.480 e. The maximum absolute atomic E-state index is 12.4. The maximum Gasteiger partial charge on any atom is 0.412 e. The van der Waals surface area contributed by atoms with Gasteiger partial charge in [0.1, 0.15) is 64.8 Å². The smallest absolute Gasteiger partial charge is 0.412 e. The Kier molecular flexibility index (Phi) is 44.1. The molecule has 5 fully saturated rings. The average Bonchev–Trinajstić information content (AvgIpc) is 1.48. The minimum Gasteiger partial charge on any atom is -0.480 e. The van der Waals surface area contributed by atoms with E-state index < -0.39 is 94.8 Å². The van der Waals surface area contributed by atoms with Crippen molar-refractivity contribution in [1.82, 2.24) is 16.0 Å². The number of ether oxygens (including phenoxy) is 6. The number of nitrogens with two attached hydrogens (primary N) is 1. The van der Waals surface area contributed by atoms with Crippen LogP contribution >= 0.6 is 19.5 Å². The Labute approximate surface area is 579 Å². The third kappa shape index (κ3) is 51.4. The Morgan fingerprint density at radius 3 is 1.15 bits per heavy atom. The van der Waals surface area contributed by atoms with Gasteiger partial charge in [-0.1, -0.05) is 134 Å².